The van der Waals surface area contributed by atoms with E-state index >= 15 is 0 Å². The third kappa shape index (κ3) is 7.96. The molecular weight excluding hydrogens is 589 g/mol. The van der Waals surface area contributed by atoms with Crippen LogP contribution in [0, 0.1) is 5.92 Å². The van der Waals surface area contributed by atoms with E-state index < -0.39 is 11.9 Å². The molecule has 3 aromatic carbocycles. The van der Waals surface area contributed by atoms with Crippen molar-refractivity contribution in [2.75, 3.05) is 0 Å². The second kappa shape index (κ2) is 13.1. The van der Waals surface area contributed by atoms with Crippen LogP contribution in [-0.4, -0.2) is 24.1 Å². The molecule has 0 heterocycles. The van der Waals surface area contributed by atoms with Crippen LogP contribution in [0.25, 0.3) is 0 Å². The number of nitrogens with zero attached hydrogens (tertiary/aromatic N) is 1. The summed E-state index contributed by atoms with van der Waals surface area (Å²) in [7, 11) is 0. The molecule has 2 amide bonds. The number of benzene rings is 3. The van der Waals surface area contributed by atoms with Crippen molar-refractivity contribution in [3.8, 4) is 5.75 Å². The van der Waals surface area contributed by atoms with Crippen LogP contribution < -0.4 is 15.5 Å². The van der Waals surface area contributed by atoms with Crippen LogP contribution in [0.15, 0.2) is 70.2 Å². The van der Waals surface area contributed by atoms with E-state index in [0.29, 0.717) is 37.5 Å². The minimum atomic E-state index is -0.769. The fourth-order valence-corrected chi connectivity index (χ4v) is 4.06. The molecular formula is C26H23BrCl3N3O3. The Hall–Kier alpha value is -2.58. The zero-order valence-corrected chi connectivity index (χ0v) is 23.3. The monoisotopic (exact) mass is 609 g/mol. The van der Waals surface area contributed by atoms with Crippen LogP contribution in [-0.2, 0) is 11.4 Å². The molecule has 0 saturated heterocycles. The van der Waals surface area contributed by atoms with Gasteiger partial charge in [-0.3, -0.25) is 9.59 Å². The van der Waals surface area contributed by atoms with E-state index in [1.54, 1.807) is 48.5 Å². The fraction of sp³-hybridized carbons (Fsp3) is 0.192. The maximum atomic E-state index is 12.7. The maximum Gasteiger partial charge on any atom is 0.262 e. The fourth-order valence-electron chi connectivity index (χ4n) is 3.11. The van der Waals surface area contributed by atoms with Crippen molar-refractivity contribution in [3.63, 3.8) is 0 Å². The number of carbonyl (C=O) groups is 2. The SMILES string of the molecule is CC(C)C(NC(=O)c1ccc(Cl)cc1)C(=O)N/N=C/c1ccc(OCc2ccc(Cl)c(Cl)c2)c(Br)c1. The van der Waals surface area contributed by atoms with E-state index in [0.717, 1.165) is 11.1 Å². The van der Waals surface area contributed by atoms with Gasteiger partial charge in [0.05, 0.1) is 20.7 Å². The molecule has 3 aromatic rings. The molecule has 188 valence electrons. The van der Waals surface area contributed by atoms with Crippen molar-refractivity contribution >= 4 is 68.8 Å². The molecule has 0 bridgehead atoms. The van der Waals surface area contributed by atoms with Gasteiger partial charge in [-0.05, 0) is 87.6 Å². The van der Waals surface area contributed by atoms with E-state index in [4.69, 9.17) is 39.5 Å². The van der Waals surface area contributed by atoms with Gasteiger partial charge in [0.15, 0.2) is 0 Å². The van der Waals surface area contributed by atoms with Crippen LogP contribution in [0.4, 0.5) is 0 Å². The summed E-state index contributed by atoms with van der Waals surface area (Å²) in [4.78, 5) is 25.2. The molecule has 10 heteroatoms. The van der Waals surface area contributed by atoms with Crippen LogP contribution in [0.1, 0.15) is 35.3 Å². The number of carbonyl (C=O) groups excluding carboxylic acids is 2. The Morgan fingerprint density at radius 2 is 1.72 bits per heavy atom. The smallest absolute Gasteiger partial charge is 0.262 e. The highest BCUT2D eigenvalue weighted by atomic mass is 79.9. The molecule has 6 nitrogen and oxygen atoms in total. The molecule has 2 N–H and O–H groups in total. The van der Waals surface area contributed by atoms with Gasteiger partial charge in [0.25, 0.3) is 11.8 Å². The number of nitrogens with one attached hydrogen (secondary N) is 2. The van der Waals surface area contributed by atoms with Crippen molar-refractivity contribution in [3.05, 3.63) is 96.9 Å². The second-order valence-electron chi connectivity index (χ2n) is 8.16. The average Bonchev–Trinajstić information content (AvgIpc) is 2.84. The van der Waals surface area contributed by atoms with Gasteiger partial charge in [0.1, 0.15) is 18.4 Å². The van der Waals surface area contributed by atoms with Gasteiger partial charge < -0.3 is 10.1 Å². The van der Waals surface area contributed by atoms with Crippen molar-refractivity contribution < 1.29 is 14.3 Å². The lowest BCUT2D eigenvalue weighted by Gasteiger charge is -2.20. The first kappa shape index (κ1) is 28.0. The van der Waals surface area contributed by atoms with Crippen LogP contribution in [0.5, 0.6) is 5.75 Å². The summed E-state index contributed by atoms with van der Waals surface area (Å²) in [6.07, 6.45) is 1.50. The Morgan fingerprint density at radius 1 is 1.00 bits per heavy atom. The number of halogens is 4. The van der Waals surface area contributed by atoms with Crippen molar-refractivity contribution in [1.82, 2.24) is 10.7 Å². The van der Waals surface area contributed by atoms with E-state index in [2.05, 4.69) is 31.8 Å². The summed E-state index contributed by atoms with van der Waals surface area (Å²) in [6.45, 7) is 3.99. The molecule has 0 aliphatic carbocycles. The van der Waals surface area contributed by atoms with Gasteiger partial charge >= 0.3 is 0 Å². The summed E-state index contributed by atoms with van der Waals surface area (Å²) in [5, 5.41) is 8.26. The zero-order chi connectivity index (χ0) is 26.2. The normalized spacial score (nSPS) is 12.0. The molecule has 0 spiro atoms. The maximum absolute atomic E-state index is 12.7. The highest BCUT2D eigenvalue weighted by molar-refractivity contribution is 9.10. The van der Waals surface area contributed by atoms with E-state index in [1.165, 1.54) is 6.21 Å². The molecule has 0 saturated carbocycles. The predicted molar refractivity (Wildman–Crippen MR) is 148 cm³/mol. The first-order chi connectivity index (χ1) is 17.1. The topological polar surface area (TPSA) is 79.8 Å². The summed E-state index contributed by atoms with van der Waals surface area (Å²) in [5.41, 5.74) is 4.52. The molecule has 3 rings (SSSR count). The summed E-state index contributed by atoms with van der Waals surface area (Å²) >= 11 is 21.3. The lowest BCUT2D eigenvalue weighted by atomic mass is 10.0. The van der Waals surface area contributed by atoms with E-state index in [9.17, 15) is 9.59 Å². The number of ether oxygens (including phenoxy) is 1. The number of rotatable bonds is 9. The summed E-state index contributed by atoms with van der Waals surface area (Å²) < 4.78 is 6.56. The number of hydrogen-bond acceptors (Lipinski definition) is 4. The highest BCUT2D eigenvalue weighted by Crippen LogP contribution is 2.28. The lowest BCUT2D eigenvalue weighted by molar-refractivity contribution is -0.123. The Kier molecular flexibility index (Phi) is 10.2. The minimum absolute atomic E-state index is 0.155. The Bertz CT molecular complexity index is 1270. The number of amides is 2. The Balaban J connectivity index is 1.57. The van der Waals surface area contributed by atoms with Crippen molar-refractivity contribution in [1.29, 1.82) is 0 Å². The quantitative estimate of drug-likeness (QED) is 0.204. The van der Waals surface area contributed by atoms with Crippen LogP contribution in [0.2, 0.25) is 15.1 Å². The molecule has 0 radical (unpaired) electrons. The Labute approximate surface area is 233 Å². The van der Waals surface area contributed by atoms with Crippen LogP contribution in [0.3, 0.4) is 0 Å². The van der Waals surface area contributed by atoms with Gasteiger partial charge in [0.2, 0.25) is 0 Å². The van der Waals surface area contributed by atoms with E-state index in [-0.39, 0.29) is 11.8 Å². The number of hydrazone groups is 1. The molecule has 0 fully saturated rings. The molecule has 36 heavy (non-hydrogen) atoms. The predicted octanol–water partition coefficient (Wildman–Crippen LogP) is 6.89. The number of hydrogen-bond donors (Lipinski definition) is 2. The van der Waals surface area contributed by atoms with Crippen molar-refractivity contribution in [2.45, 2.75) is 26.5 Å². The first-order valence-electron chi connectivity index (χ1n) is 10.9. The first-order valence-corrected chi connectivity index (χ1v) is 12.8. The lowest BCUT2D eigenvalue weighted by Crippen LogP contribution is -2.48. The third-order valence-corrected chi connectivity index (χ3v) is 6.68. The minimum Gasteiger partial charge on any atom is -0.488 e. The molecule has 1 atom stereocenters. The second-order valence-corrected chi connectivity index (χ2v) is 10.3. The van der Waals surface area contributed by atoms with E-state index in [1.807, 2.05) is 26.0 Å². The summed E-state index contributed by atoms with van der Waals surface area (Å²) in [5.74, 6) is -0.321. The van der Waals surface area contributed by atoms with Gasteiger partial charge in [-0.25, -0.2) is 5.43 Å². The van der Waals surface area contributed by atoms with Crippen molar-refractivity contribution in [2.24, 2.45) is 11.0 Å². The van der Waals surface area contributed by atoms with Gasteiger partial charge in [-0.2, -0.15) is 5.10 Å². The molecule has 1 unspecified atom stereocenters. The average molecular weight is 612 g/mol. The highest BCUT2D eigenvalue weighted by Gasteiger charge is 2.24. The largest absolute Gasteiger partial charge is 0.488 e. The standard InChI is InChI=1S/C26H23BrCl3N3O3/c1-15(2)24(32-25(34)18-5-7-19(28)8-6-18)26(35)33-31-13-16-4-10-23(20(27)11-16)36-14-17-3-9-21(29)22(30)12-17/h3-13,15,24H,14H2,1-2H3,(H,32,34)(H,33,35)/b31-13+. The third-order valence-electron chi connectivity index (χ3n) is 5.06. The molecule has 0 aliphatic heterocycles. The Morgan fingerprint density at radius 3 is 2.36 bits per heavy atom. The molecule has 0 aromatic heterocycles. The summed E-state index contributed by atoms with van der Waals surface area (Å²) in [6, 6.07) is 16.4. The zero-order valence-electron chi connectivity index (χ0n) is 19.4. The van der Waals surface area contributed by atoms with Gasteiger partial charge in [0, 0.05) is 10.6 Å². The van der Waals surface area contributed by atoms with Gasteiger partial charge in [-0.15, -0.1) is 0 Å². The molecule has 0 aliphatic rings. The van der Waals surface area contributed by atoms with Gasteiger partial charge in [-0.1, -0.05) is 54.7 Å². The van der Waals surface area contributed by atoms with Crippen LogP contribution >= 0.6 is 50.7 Å².